The predicted octanol–water partition coefficient (Wildman–Crippen LogP) is 6.69. The lowest BCUT2D eigenvalue weighted by molar-refractivity contribution is 0.0999. The van der Waals surface area contributed by atoms with Gasteiger partial charge in [0.25, 0.3) is 0 Å². The van der Waals surface area contributed by atoms with Crippen molar-refractivity contribution in [3.63, 3.8) is 0 Å². The highest BCUT2D eigenvalue weighted by Gasteiger charge is 2.15. The van der Waals surface area contributed by atoms with Gasteiger partial charge in [-0.2, -0.15) is 0 Å². The molecule has 0 radical (unpaired) electrons. The third kappa shape index (κ3) is 11.4. The van der Waals surface area contributed by atoms with E-state index in [0.29, 0.717) is 23.1 Å². The Labute approximate surface area is 184 Å². The van der Waals surface area contributed by atoms with Crippen LogP contribution in [0.2, 0.25) is 0 Å². The van der Waals surface area contributed by atoms with E-state index in [1.165, 1.54) is 89.9 Å². The first kappa shape index (κ1) is 26.2. The molecule has 0 saturated heterocycles. The van der Waals surface area contributed by atoms with E-state index in [1.807, 2.05) is 0 Å². The second-order valence-electron chi connectivity index (χ2n) is 8.61. The van der Waals surface area contributed by atoms with Crippen molar-refractivity contribution in [2.75, 3.05) is 0 Å². The molecule has 170 valence electrons. The molecule has 0 aromatic heterocycles. The van der Waals surface area contributed by atoms with E-state index in [2.05, 4.69) is 6.92 Å². The van der Waals surface area contributed by atoms with Crippen molar-refractivity contribution < 1.29 is 9.59 Å². The van der Waals surface area contributed by atoms with Crippen molar-refractivity contribution in [1.82, 2.24) is 0 Å². The summed E-state index contributed by atoms with van der Waals surface area (Å²) in [5.41, 5.74) is 12.5. The van der Waals surface area contributed by atoms with Crippen molar-refractivity contribution in [3.05, 3.63) is 34.9 Å². The summed E-state index contributed by atoms with van der Waals surface area (Å²) in [5, 5.41) is 0. The zero-order valence-electron chi connectivity index (χ0n) is 19.2. The Morgan fingerprint density at radius 2 is 0.933 bits per heavy atom. The van der Waals surface area contributed by atoms with E-state index in [-0.39, 0.29) is 0 Å². The monoisotopic (exact) mass is 416 g/mol. The lowest BCUT2D eigenvalue weighted by atomic mass is 9.94. The van der Waals surface area contributed by atoms with Crippen molar-refractivity contribution in [1.29, 1.82) is 0 Å². The van der Waals surface area contributed by atoms with Gasteiger partial charge in [0.2, 0.25) is 11.8 Å². The van der Waals surface area contributed by atoms with Gasteiger partial charge in [-0.1, -0.05) is 109 Å². The minimum atomic E-state index is -0.496. The fourth-order valence-corrected chi connectivity index (χ4v) is 4.17. The number of unbranched alkanes of at least 4 members (excludes halogenated alkanes) is 15. The predicted molar refractivity (Wildman–Crippen MR) is 127 cm³/mol. The molecule has 0 aliphatic rings. The van der Waals surface area contributed by atoms with Gasteiger partial charge in [0.15, 0.2) is 0 Å². The smallest absolute Gasteiger partial charge is 0.249 e. The van der Waals surface area contributed by atoms with Crippen LogP contribution >= 0.6 is 0 Å². The normalized spacial score (nSPS) is 11.0. The molecule has 30 heavy (non-hydrogen) atoms. The Morgan fingerprint density at radius 1 is 0.600 bits per heavy atom. The Bertz CT molecular complexity index is 581. The van der Waals surface area contributed by atoms with Gasteiger partial charge < -0.3 is 11.5 Å². The topological polar surface area (TPSA) is 86.2 Å². The maximum atomic E-state index is 11.6. The number of nitrogens with two attached hydrogens (primary N) is 2. The van der Waals surface area contributed by atoms with Gasteiger partial charge in [-0.3, -0.25) is 9.59 Å². The lowest BCUT2D eigenvalue weighted by Gasteiger charge is -2.11. The number of hydrogen-bond donors (Lipinski definition) is 2. The Balaban J connectivity index is 2.04. The van der Waals surface area contributed by atoms with Gasteiger partial charge >= 0.3 is 0 Å². The van der Waals surface area contributed by atoms with Crippen molar-refractivity contribution in [3.8, 4) is 0 Å². The summed E-state index contributed by atoms with van der Waals surface area (Å²) < 4.78 is 0. The average molecular weight is 417 g/mol. The van der Waals surface area contributed by atoms with Gasteiger partial charge in [-0.05, 0) is 30.5 Å². The molecule has 4 N–H and O–H groups in total. The molecule has 0 atom stereocenters. The zero-order chi connectivity index (χ0) is 22.0. The molecule has 2 amide bonds. The van der Waals surface area contributed by atoms with Crippen molar-refractivity contribution >= 4 is 11.8 Å². The Kier molecular flexibility index (Phi) is 14.8. The average Bonchev–Trinajstić information content (AvgIpc) is 2.73. The highest BCUT2D eigenvalue weighted by molar-refractivity contribution is 6.01. The molecule has 0 fully saturated rings. The third-order valence-corrected chi connectivity index (χ3v) is 5.99. The Hall–Kier alpha value is -1.84. The van der Waals surface area contributed by atoms with E-state index < -0.39 is 11.8 Å². The summed E-state index contributed by atoms with van der Waals surface area (Å²) >= 11 is 0. The first-order chi connectivity index (χ1) is 14.6. The van der Waals surface area contributed by atoms with Crippen LogP contribution in [0.5, 0.6) is 0 Å². The minimum absolute atomic E-state index is 0.423. The molecule has 0 unspecified atom stereocenters. The molecular formula is C26H44N2O2. The highest BCUT2D eigenvalue weighted by Crippen LogP contribution is 2.19. The van der Waals surface area contributed by atoms with Crippen LogP contribution in [0.1, 0.15) is 136 Å². The number of primary amides is 2. The second-order valence-corrected chi connectivity index (χ2v) is 8.61. The van der Waals surface area contributed by atoms with E-state index in [4.69, 9.17) is 11.5 Å². The minimum Gasteiger partial charge on any atom is -0.366 e. The summed E-state index contributed by atoms with van der Waals surface area (Å²) in [6, 6.07) is 5.02. The summed E-state index contributed by atoms with van der Waals surface area (Å²) in [7, 11) is 0. The summed E-state index contributed by atoms with van der Waals surface area (Å²) in [6.07, 6.45) is 21.8. The van der Waals surface area contributed by atoms with Crippen LogP contribution in [0.25, 0.3) is 0 Å². The first-order valence-electron chi connectivity index (χ1n) is 12.3. The molecule has 4 heteroatoms. The third-order valence-electron chi connectivity index (χ3n) is 5.99. The largest absolute Gasteiger partial charge is 0.366 e. The van der Waals surface area contributed by atoms with Crippen LogP contribution in [0.3, 0.4) is 0 Å². The van der Waals surface area contributed by atoms with Crippen LogP contribution in [-0.4, -0.2) is 11.8 Å². The second kappa shape index (κ2) is 16.9. The SMILES string of the molecule is CCCCCCCCCCCCCCCCCCc1c(C(N)=O)cccc1C(N)=O. The standard InChI is InChI=1S/C26H44N2O2/c1-2-3-4-5-6-7-8-9-10-11-12-13-14-15-16-17-19-22-23(25(27)29)20-18-21-24(22)26(28)30/h18,20-21H,2-17,19H2,1H3,(H2,27,29)(H2,28,30). The van der Waals surface area contributed by atoms with Crippen molar-refractivity contribution in [2.45, 2.75) is 116 Å². The number of rotatable bonds is 19. The molecular weight excluding hydrogens is 372 g/mol. The van der Waals surface area contributed by atoms with Gasteiger partial charge in [0.1, 0.15) is 0 Å². The van der Waals surface area contributed by atoms with Gasteiger partial charge in [-0.25, -0.2) is 0 Å². The molecule has 0 bridgehead atoms. The fraction of sp³-hybridized carbons (Fsp3) is 0.692. The molecule has 0 spiro atoms. The van der Waals surface area contributed by atoms with Gasteiger partial charge in [-0.15, -0.1) is 0 Å². The summed E-state index contributed by atoms with van der Waals surface area (Å²) in [4.78, 5) is 23.3. The molecule has 1 aromatic carbocycles. The van der Waals surface area contributed by atoms with E-state index >= 15 is 0 Å². The summed E-state index contributed by atoms with van der Waals surface area (Å²) in [6.45, 7) is 2.27. The van der Waals surface area contributed by atoms with Crippen LogP contribution in [0.15, 0.2) is 18.2 Å². The van der Waals surface area contributed by atoms with Gasteiger partial charge in [0.05, 0.1) is 0 Å². The molecule has 0 aliphatic carbocycles. The molecule has 0 saturated carbocycles. The molecule has 0 aliphatic heterocycles. The van der Waals surface area contributed by atoms with Gasteiger partial charge in [0, 0.05) is 11.1 Å². The van der Waals surface area contributed by atoms with Crippen LogP contribution in [-0.2, 0) is 6.42 Å². The number of carbonyl (C=O) groups excluding carboxylic acids is 2. The number of hydrogen-bond acceptors (Lipinski definition) is 2. The zero-order valence-corrected chi connectivity index (χ0v) is 19.2. The fourth-order valence-electron chi connectivity index (χ4n) is 4.17. The first-order valence-corrected chi connectivity index (χ1v) is 12.3. The number of carbonyl (C=O) groups is 2. The van der Waals surface area contributed by atoms with Crippen LogP contribution < -0.4 is 11.5 Å². The highest BCUT2D eigenvalue weighted by atomic mass is 16.1. The maximum Gasteiger partial charge on any atom is 0.249 e. The summed E-state index contributed by atoms with van der Waals surface area (Å²) in [5.74, 6) is -0.991. The lowest BCUT2D eigenvalue weighted by Crippen LogP contribution is -2.19. The van der Waals surface area contributed by atoms with Crippen LogP contribution in [0, 0.1) is 0 Å². The molecule has 1 aromatic rings. The van der Waals surface area contributed by atoms with E-state index in [0.717, 1.165) is 12.8 Å². The van der Waals surface area contributed by atoms with E-state index in [9.17, 15) is 9.59 Å². The number of amides is 2. The van der Waals surface area contributed by atoms with Crippen LogP contribution in [0.4, 0.5) is 0 Å². The molecule has 4 nitrogen and oxygen atoms in total. The quantitative estimate of drug-likeness (QED) is 0.246. The van der Waals surface area contributed by atoms with E-state index in [1.54, 1.807) is 18.2 Å². The van der Waals surface area contributed by atoms with Crippen molar-refractivity contribution in [2.24, 2.45) is 11.5 Å². The molecule has 0 heterocycles. The molecule has 1 rings (SSSR count). The Morgan fingerprint density at radius 3 is 1.27 bits per heavy atom. The maximum absolute atomic E-state index is 11.6. The number of benzene rings is 1.